The highest BCUT2D eigenvalue weighted by Crippen LogP contribution is 2.36. The lowest BCUT2D eigenvalue weighted by Crippen LogP contribution is -2.58. The van der Waals surface area contributed by atoms with Gasteiger partial charge in [-0.1, -0.05) is 95.4 Å². The number of benzene rings is 1. The molecule has 2 heterocycles. The van der Waals surface area contributed by atoms with E-state index in [1.54, 1.807) is 13.8 Å². The Morgan fingerprint density at radius 3 is 2.34 bits per heavy atom. The molecule has 4 N–H and O–H groups in total. The number of hydrogen-bond acceptors (Lipinski definition) is 5. The maximum absolute atomic E-state index is 13.5. The third kappa shape index (κ3) is 13.4. The number of nitrogens with one attached hydrogen (secondary N) is 3. The molecular formula is C41H63N3O6. The fourth-order valence-corrected chi connectivity index (χ4v) is 6.44. The van der Waals surface area contributed by atoms with E-state index in [1.165, 1.54) is 25.7 Å². The highest BCUT2D eigenvalue weighted by atomic mass is 16.7. The molecule has 2 unspecified atom stereocenters. The van der Waals surface area contributed by atoms with E-state index in [-0.39, 0.29) is 37.7 Å². The standard InChI is InChI=1S/C41H63N3O6/c1-6-7-8-9-10-11-12-13-14-15-16-17-18-19-20-25-35(45)42-27-26-41(38(47)48,28-32-29-43-34-24-22-21-23-33(32)34)30-44-37(46)36-39(2,3)31-49-40(4,5)50-36/h10-11,13-14,21-24,29,36,43H,6-9,12,15-20,25-28,30-31H2,1-5H3,(H,42,45)(H,44,46)(H,47,48). The monoisotopic (exact) mass is 693 g/mol. The van der Waals surface area contributed by atoms with Gasteiger partial charge >= 0.3 is 5.97 Å². The summed E-state index contributed by atoms with van der Waals surface area (Å²) in [4.78, 5) is 42.6. The Morgan fingerprint density at radius 1 is 0.940 bits per heavy atom. The zero-order valence-corrected chi connectivity index (χ0v) is 31.3. The fourth-order valence-electron chi connectivity index (χ4n) is 6.44. The molecule has 278 valence electrons. The molecule has 1 fully saturated rings. The van der Waals surface area contributed by atoms with E-state index in [0.717, 1.165) is 61.4 Å². The summed E-state index contributed by atoms with van der Waals surface area (Å²) in [6.07, 6.45) is 23.1. The molecule has 3 rings (SSSR count). The van der Waals surface area contributed by atoms with Crippen LogP contribution in [0, 0.1) is 10.8 Å². The number of aromatic amines is 1. The van der Waals surface area contributed by atoms with Crippen LogP contribution in [0.1, 0.15) is 124 Å². The maximum atomic E-state index is 13.5. The van der Waals surface area contributed by atoms with E-state index in [4.69, 9.17) is 9.47 Å². The topological polar surface area (TPSA) is 130 Å². The number of para-hydroxylation sites is 1. The van der Waals surface area contributed by atoms with Crippen LogP contribution in [0.5, 0.6) is 0 Å². The van der Waals surface area contributed by atoms with Crippen LogP contribution < -0.4 is 10.6 Å². The summed E-state index contributed by atoms with van der Waals surface area (Å²) < 4.78 is 11.8. The number of aromatic nitrogens is 1. The van der Waals surface area contributed by atoms with E-state index < -0.39 is 28.7 Å². The fraction of sp³-hybridized carbons (Fsp3) is 0.634. The Morgan fingerprint density at radius 2 is 1.62 bits per heavy atom. The number of fused-ring (bicyclic) bond motifs is 1. The number of rotatable bonds is 23. The quantitative estimate of drug-likeness (QED) is 0.0684. The van der Waals surface area contributed by atoms with Crippen LogP contribution in [-0.4, -0.2) is 59.5 Å². The molecule has 50 heavy (non-hydrogen) atoms. The Labute approximate surface area is 300 Å². The number of allylic oxidation sites excluding steroid dienone is 4. The van der Waals surface area contributed by atoms with Crippen LogP contribution in [-0.2, 0) is 30.3 Å². The second kappa shape index (κ2) is 20.4. The molecule has 2 aromatic rings. The number of amides is 2. The molecule has 2 amide bonds. The highest BCUT2D eigenvalue weighted by molar-refractivity contribution is 5.86. The van der Waals surface area contributed by atoms with Gasteiger partial charge in [0.15, 0.2) is 5.79 Å². The average Bonchev–Trinajstić information content (AvgIpc) is 3.48. The SMILES string of the molecule is CCCCCC=CCC=CCCCCCCCC(=O)NCCC(CNC(=O)C1OC(C)(C)OCC1(C)C)(Cc1c[nH]c2ccccc12)C(=O)O. The van der Waals surface area contributed by atoms with Crippen LogP contribution in [0.15, 0.2) is 54.8 Å². The molecule has 1 aliphatic heterocycles. The van der Waals surface area contributed by atoms with Crippen LogP contribution in [0.4, 0.5) is 0 Å². The Balaban J connectivity index is 1.49. The largest absolute Gasteiger partial charge is 0.481 e. The van der Waals surface area contributed by atoms with Gasteiger partial charge < -0.3 is 30.2 Å². The predicted molar refractivity (Wildman–Crippen MR) is 201 cm³/mol. The molecule has 2 atom stereocenters. The first-order valence-corrected chi connectivity index (χ1v) is 18.8. The van der Waals surface area contributed by atoms with E-state index in [1.807, 2.05) is 44.3 Å². The lowest BCUT2D eigenvalue weighted by molar-refractivity contribution is -0.304. The molecule has 9 heteroatoms. The average molecular weight is 694 g/mol. The molecule has 0 aliphatic carbocycles. The summed E-state index contributed by atoms with van der Waals surface area (Å²) in [6.45, 7) is 9.95. The summed E-state index contributed by atoms with van der Waals surface area (Å²) in [5.74, 6) is -2.41. The second-order valence-corrected chi connectivity index (χ2v) is 15.1. The van der Waals surface area contributed by atoms with Gasteiger partial charge in [-0.2, -0.15) is 0 Å². The molecule has 0 spiro atoms. The van der Waals surface area contributed by atoms with E-state index in [2.05, 4.69) is 46.8 Å². The summed E-state index contributed by atoms with van der Waals surface area (Å²) in [5, 5.41) is 17.5. The lowest BCUT2D eigenvalue weighted by atomic mass is 9.78. The van der Waals surface area contributed by atoms with Crippen LogP contribution in [0.2, 0.25) is 0 Å². The van der Waals surface area contributed by atoms with Gasteiger partial charge in [-0.05, 0) is 76.8 Å². The van der Waals surface area contributed by atoms with Crippen molar-refractivity contribution in [3.05, 3.63) is 60.3 Å². The molecule has 9 nitrogen and oxygen atoms in total. The van der Waals surface area contributed by atoms with Crippen molar-refractivity contribution in [1.82, 2.24) is 15.6 Å². The van der Waals surface area contributed by atoms with Crippen LogP contribution >= 0.6 is 0 Å². The summed E-state index contributed by atoms with van der Waals surface area (Å²) >= 11 is 0. The van der Waals surface area contributed by atoms with Gasteiger partial charge in [0.2, 0.25) is 11.8 Å². The number of ether oxygens (including phenoxy) is 2. The zero-order chi connectivity index (χ0) is 36.5. The molecule has 1 aromatic carbocycles. The normalized spacial score (nSPS) is 18.4. The molecular weight excluding hydrogens is 630 g/mol. The molecule has 1 aromatic heterocycles. The highest BCUT2D eigenvalue weighted by Gasteiger charge is 2.47. The minimum atomic E-state index is -1.36. The number of unbranched alkanes of at least 4 members (excludes halogenated alkanes) is 8. The van der Waals surface area contributed by atoms with Gasteiger partial charge in [0.05, 0.1) is 12.0 Å². The van der Waals surface area contributed by atoms with Gasteiger partial charge in [-0.25, -0.2) is 0 Å². The maximum Gasteiger partial charge on any atom is 0.311 e. The molecule has 1 aliphatic rings. The van der Waals surface area contributed by atoms with Gasteiger partial charge in [0.25, 0.3) is 0 Å². The first kappa shape index (κ1) is 41.0. The summed E-state index contributed by atoms with van der Waals surface area (Å²) in [7, 11) is 0. The molecule has 0 saturated carbocycles. The number of carboxylic acid groups (broad SMARTS) is 1. The second-order valence-electron chi connectivity index (χ2n) is 15.1. The Bertz CT molecular complexity index is 1410. The third-order valence-corrected chi connectivity index (χ3v) is 9.68. The van der Waals surface area contributed by atoms with Crippen LogP contribution in [0.25, 0.3) is 10.9 Å². The first-order chi connectivity index (χ1) is 23.9. The van der Waals surface area contributed by atoms with E-state index in [9.17, 15) is 19.5 Å². The first-order valence-electron chi connectivity index (χ1n) is 18.8. The predicted octanol–water partition coefficient (Wildman–Crippen LogP) is 8.40. The van der Waals surface area contributed by atoms with Crippen molar-refractivity contribution >= 4 is 28.7 Å². The Kier molecular flexibility index (Phi) is 16.7. The van der Waals surface area contributed by atoms with Gasteiger partial charge in [-0.3, -0.25) is 14.4 Å². The van der Waals surface area contributed by atoms with E-state index >= 15 is 0 Å². The minimum absolute atomic E-state index is 0.0781. The van der Waals surface area contributed by atoms with Gasteiger partial charge in [0, 0.05) is 42.0 Å². The number of H-pyrrole nitrogens is 1. The number of hydrogen-bond donors (Lipinski definition) is 4. The zero-order valence-electron chi connectivity index (χ0n) is 31.3. The lowest BCUT2D eigenvalue weighted by Gasteiger charge is -2.45. The third-order valence-electron chi connectivity index (χ3n) is 9.68. The Hall–Kier alpha value is -3.43. The van der Waals surface area contributed by atoms with Crippen LogP contribution in [0.3, 0.4) is 0 Å². The minimum Gasteiger partial charge on any atom is -0.481 e. The van der Waals surface area contributed by atoms with Crippen molar-refractivity contribution in [2.75, 3.05) is 19.7 Å². The smallest absolute Gasteiger partial charge is 0.311 e. The number of aliphatic carboxylic acids is 1. The van der Waals surface area contributed by atoms with Crippen molar-refractivity contribution in [2.24, 2.45) is 10.8 Å². The molecule has 1 saturated heterocycles. The number of carbonyl (C=O) groups is 3. The molecule has 0 radical (unpaired) electrons. The van der Waals surface area contributed by atoms with Crippen molar-refractivity contribution < 1.29 is 29.0 Å². The van der Waals surface area contributed by atoms with Crippen molar-refractivity contribution in [2.45, 2.75) is 136 Å². The summed E-state index contributed by atoms with van der Waals surface area (Å²) in [6, 6.07) is 7.75. The number of carboxylic acids is 1. The van der Waals surface area contributed by atoms with Gasteiger partial charge in [-0.15, -0.1) is 0 Å². The number of carbonyl (C=O) groups excluding carboxylic acids is 2. The summed E-state index contributed by atoms with van der Waals surface area (Å²) in [5.41, 5.74) is -0.204. The van der Waals surface area contributed by atoms with E-state index in [0.29, 0.717) is 13.0 Å². The van der Waals surface area contributed by atoms with Crippen molar-refractivity contribution in [3.8, 4) is 0 Å². The van der Waals surface area contributed by atoms with Crippen molar-refractivity contribution in [3.63, 3.8) is 0 Å². The van der Waals surface area contributed by atoms with Gasteiger partial charge in [0.1, 0.15) is 6.10 Å². The molecule has 0 bridgehead atoms. The van der Waals surface area contributed by atoms with Crippen molar-refractivity contribution in [1.29, 1.82) is 0 Å².